The Kier molecular flexibility index (Phi) is 7.63. The van der Waals surface area contributed by atoms with Crippen LogP contribution in [-0.2, 0) is 22.7 Å². The number of anilines is 1. The standard InChI is InChI=1S/C23H19ClF3N3O3S/c1-34(32,33)30(15-16-6-10-19(24)11-7-16)20-12-8-17(9-13-20)22(31)29-28-14-18-4-2-3-5-21(18)23(25,26)27/h2-14H,15H2,1H3,(H,29,31)/b28-14+. The van der Waals surface area contributed by atoms with E-state index in [4.69, 9.17) is 11.6 Å². The first-order chi connectivity index (χ1) is 15.9. The number of sulfonamides is 1. The third-order valence-electron chi connectivity index (χ3n) is 4.69. The summed E-state index contributed by atoms with van der Waals surface area (Å²) in [7, 11) is -3.64. The van der Waals surface area contributed by atoms with Gasteiger partial charge in [0.15, 0.2) is 0 Å². The highest BCUT2D eigenvalue weighted by atomic mass is 35.5. The van der Waals surface area contributed by atoms with Gasteiger partial charge in [-0.2, -0.15) is 18.3 Å². The van der Waals surface area contributed by atoms with E-state index in [0.717, 1.165) is 18.5 Å². The summed E-state index contributed by atoms with van der Waals surface area (Å²) < 4.78 is 64.9. The van der Waals surface area contributed by atoms with Crippen molar-refractivity contribution in [2.45, 2.75) is 12.7 Å². The van der Waals surface area contributed by atoms with E-state index in [-0.39, 0.29) is 17.7 Å². The molecule has 0 aromatic heterocycles. The van der Waals surface area contributed by atoms with Gasteiger partial charge in [-0.1, -0.05) is 41.9 Å². The van der Waals surface area contributed by atoms with Crippen LogP contribution in [0.25, 0.3) is 0 Å². The molecule has 1 N–H and O–H groups in total. The van der Waals surface area contributed by atoms with Gasteiger partial charge >= 0.3 is 6.18 Å². The number of carbonyl (C=O) groups excluding carboxylic acids is 1. The molecule has 0 unspecified atom stereocenters. The fourth-order valence-electron chi connectivity index (χ4n) is 3.03. The highest BCUT2D eigenvalue weighted by Gasteiger charge is 2.32. The van der Waals surface area contributed by atoms with Gasteiger partial charge in [0.25, 0.3) is 5.91 Å². The predicted octanol–water partition coefficient (Wildman–Crippen LogP) is 5.09. The van der Waals surface area contributed by atoms with Gasteiger partial charge in [0.05, 0.1) is 30.3 Å². The number of alkyl halides is 3. The Hall–Kier alpha value is -3.37. The molecule has 0 fully saturated rings. The van der Waals surface area contributed by atoms with Crippen molar-refractivity contribution in [2.24, 2.45) is 5.10 Å². The fraction of sp³-hybridized carbons (Fsp3) is 0.130. The zero-order valence-electron chi connectivity index (χ0n) is 17.8. The Bertz CT molecular complexity index is 1290. The van der Waals surface area contributed by atoms with Crippen molar-refractivity contribution in [1.29, 1.82) is 0 Å². The summed E-state index contributed by atoms with van der Waals surface area (Å²) in [5, 5.41) is 4.13. The van der Waals surface area contributed by atoms with Gasteiger partial charge in [-0.05, 0) is 48.0 Å². The van der Waals surface area contributed by atoms with E-state index in [1.165, 1.54) is 46.8 Å². The quantitative estimate of drug-likeness (QED) is 0.356. The summed E-state index contributed by atoms with van der Waals surface area (Å²) in [4.78, 5) is 12.3. The number of hydrazone groups is 1. The lowest BCUT2D eigenvalue weighted by molar-refractivity contribution is -0.137. The second kappa shape index (κ2) is 10.3. The van der Waals surface area contributed by atoms with Crippen LogP contribution in [-0.4, -0.2) is 26.8 Å². The summed E-state index contributed by atoms with van der Waals surface area (Å²) >= 11 is 5.87. The molecule has 3 aromatic carbocycles. The number of hydrogen-bond donors (Lipinski definition) is 1. The van der Waals surface area contributed by atoms with Crippen LogP contribution >= 0.6 is 11.6 Å². The number of amides is 1. The van der Waals surface area contributed by atoms with E-state index in [1.807, 2.05) is 0 Å². The maximum absolute atomic E-state index is 13.0. The molecule has 0 aliphatic heterocycles. The van der Waals surface area contributed by atoms with Crippen molar-refractivity contribution in [3.8, 4) is 0 Å². The number of benzene rings is 3. The van der Waals surface area contributed by atoms with Crippen LogP contribution < -0.4 is 9.73 Å². The van der Waals surface area contributed by atoms with Gasteiger partial charge in [-0.3, -0.25) is 9.10 Å². The second-order valence-corrected chi connectivity index (χ2v) is 9.57. The molecular weight excluding hydrogens is 491 g/mol. The van der Waals surface area contributed by atoms with Gasteiger partial charge in [-0.25, -0.2) is 13.8 Å². The number of nitrogens with one attached hydrogen (secondary N) is 1. The highest BCUT2D eigenvalue weighted by Crippen LogP contribution is 2.31. The lowest BCUT2D eigenvalue weighted by Gasteiger charge is -2.22. The molecule has 0 spiro atoms. The molecule has 3 aromatic rings. The lowest BCUT2D eigenvalue weighted by Crippen LogP contribution is -2.29. The van der Waals surface area contributed by atoms with Crippen LogP contribution in [0.4, 0.5) is 18.9 Å². The minimum atomic E-state index is -4.56. The highest BCUT2D eigenvalue weighted by molar-refractivity contribution is 7.92. The number of halogens is 4. The van der Waals surface area contributed by atoms with Gasteiger partial charge in [0.2, 0.25) is 10.0 Å². The van der Waals surface area contributed by atoms with Crippen LogP contribution in [0.2, 0.25) is 5.02 Å². The van der Waals surface area contributed by atoms with E-state index in [9.17, 15) is 26.4 Å². The second-order valence-electron chi connectivity index (χ2n) is 7.23. The Morgan fingerprint density at radius 3 is 2.24 bits per heavy atom. The predicted molar refractivity (Wildman–Crippen MR) is 125 cm³/mol. The van der Waals surface area contributed by atoms with Crippen molar-refractivity contribution in [3.05, 3.63) is 100 Å². The summed E-state index contributed by atoms with van der Waals surface area (Å²) in [5.74, 6) is -0.670. The van der Waals surface area contributed by atoms with Crippen molar-refractivity contribution >= 4 is 39.4 Å². The number of rotatable bonds is 7. The third kappa shape index (κ3) is 6.58. The minimum absolute atomic E-state index is 0.0600. The zero-order chi connectivity index (χ0) is 24.9. The molecule has 0 heterocycles. The van der Waals surface area contributed by atoms with Crippen LogP contribution in [0, 0.1) is 0 Å². The van der Waals surface area contributed by atoms with Crippen molar-refractivity contribution in [1.82, 2.24) is 5.43 Å². The first-order valence-corrected chi connectivity index (χ1v) is 12.0. The van der Waals surface area contributed by atoms with Gasteiger partial charge in [-0.15, -0.1) is 0 Å². The van der Waals surface area contributed by atoms with Gasteiger partial charge in [0, 0.05) is 16.1 Å². The molecular formula is C23H19ClF3N3O3S. The Morgan fingerprint density at radius 2 is 1.65 bits per heavy atom. The number of carbonyl (C=O) groups is 1. The minimum Gasteiger partial charge on any atom is -0.267 e. The van der Waals surface area contributed by atoms with E-state index in [0.29, 0.717) is 16.3 Å². The van der Waals surface area contributed by atoms with Crippen LogP contribution in [0.5, 0.6) is 0 Å². The zero-order valence-corrected chi connectivity index (χ0v) is 19.3. The average Bonchev–Trinajstić information content (AvgIpc) is 2.77. The summed E-state index contributed by atoms with van der Waals surface area (Å²) in [6.07, 6.45) is -2.58. The van der Waals surface area contributed by atoms with Crippen LogP contribution in [0.3, 0.4) is 0 Å². The summed E-state index contributed by atoms with van der Waals surface area (Å²) in [6.45, 7) is 0.0600. The molecule has 0 radical (unpaired) electrons. The maximum atomic E-state index is 13.0. The van der Waals surface area contributed by atoms with Gasteiger partial charge < -0.3 is 0 Å². The Morgan fingerprint density at radius 1 is 1.03 bits per heavy atom. The summed E-state index contributed by atoms with van der Waals surface area (Å²) in [6, 6.07) is 17.2. The van der Waals surface area contributed by atoms with Crippen molar-refractivity contribution in [3.63, 3.8) is 0 Å². The van der Waals surface area contributed by atoms with E-state index in [1.54, 1.807) is 24.3 Å². The largest absolute Gasteiger partial charge is 0.417 e. The van der Waals surface area contributed by atoms with E-state index < -0.39 is 27.7 Å². The molecule has 0 saturated heterocycles. The van der Waals surface area contributed by atoms with Crippen LogP contribution in [0.15, 0.2) is 77.9 Å². The molecule has 0 aliphatic rings. The third-order valence-corrected chi connectivity index (χ3v) is 6.09. The molecule has 0 atom stereocenters. The van der Waals surface area contributed by atoms with E-state index in [2.05, 4.69) is 10.5 Å². The molecule has 3 rings (SSSR count). The molecule has 0 aliphatic carbocycles. The molecule has 0 saturated carbocycles. The SMILES string of the molecule is CS(=O)(=O)N(Cc1ccc(Cl)cc1)c1ccc(C(=O)N/N=C/c2ccccc2C(F)(F)F)cc1. The van der Waals surface area contributed by atoms with Crippen molar-refractivity contribution < 1.29 is 26.4 Å². The fourth-order valence-corrected chi connectivity index (χ4v) is 4.04. The van der Waals surface area contributed by atoms with Gasteiger partial charge in [0.1, 0.15) is 0 Å². The molecule has 6 nitrogen and oxygen atoms in total. The Balaban J connectivity index is 1.73. The molecule has 34 heavy (non-hydrogen) atoms. The molecule has 0 bridgehead atoms. The topological polar surface area (TPSA) is 78.8 Å². The number of nitrogens with zero attached hydrogens (tertiary/aromatic N) is 2. The normalized spacial score (nSPS) is 12.0. The molecule has 178 valence electrons. The first-order valence-electron chi connectivity index (χ1n) is 9.77. The molecule has 1 amide bonds. The smallest absolute Gasteiger partial charge is 0.267 e. The maximum Gasteiger partial charge on any atom is 0.417 e. The van der Waals surface area contributed by atoms with Crippen LogP contribution in [0.1, 0.15) is 27.0 Å². The summed E-state index contributed by atoms with van der Waals surface area (Å²) in [5.41, 5.74) is 2.28. The number of hydrogen-bond acceptors (Lipinski definition) is 4. The Labute approximate surface area is 199 Å². The average molecular weight is 510 g/mol. The van der Waals surface area contributed by atoms with Crippen molar-refractivity contribution in [2.75, 3.05) is 10.6 Å². The molecule has 11 heteroatoms. The monoisotopic (exact) mass is 509 g/mol. The first kappa shape index (κ1) is 25.3. The lowest BCUT2D eigenvalue weighted by atomic mass is 10.1. The van der Waals surface area contributed by atoms with E-state index >= 15 is 0 Å².